The van der Waals surface area contributed by atoms with Crippen LogP contribution in [0.2, 0.25) is 5.02 Å². The van der Waals surface area contributed by atoms with Gasteiger partial charge in [-0.25, -0.2) is 13.4 Å². The van der Waals surface area contributed by atoms with Crippen molar-refractivity contribution >= 4 is 33.2 Å². The lowest BCUT2D eigenvalue weighted by Crippen LogP contribution is -2.23. The molecule has 150 valence electrons. The third-order valence-corrected chi connectivity index (χ3v) is 6.86. The van der Waals surface area contributed by atoms with Crippen molar-refractivity contribution < 1.29 is 13.2 Å². The molecule has 1 fully saturated rings. The van der Waals surface area contributed by atoms with E-state index in [9.17, 15) is 13.2 Å². The van der Waals surface area contributed by atoms with Crippen LogP contribution in [0.4, 0.5) is 5.82 Å². The Morgan fingerprint density at radius 2 is 1.96 bits per heavy atom. The number of aryl methyl sites for hydroxylation is 1. The van der Waals surface area contributed by atoms with Gasteiger partial charge in [-0.05, 0) is 48.6 Å². The van der Waals surface area contributed by atoms with Gasteiger partial charge in [-0.15, -0.1) is 0 Å². The van der Waals surface area contributed by atoms with E-state index in [0.717, 1.165) is 30.2 Å². The van der Waals surface area contributed by atoms with Gasteiger partial charge in [-0.2, -0.15) is 0 Å². The van der Waals surface area contributed by atoms with E-state index >= 15 is 0 Å². The number of sulfone groups is 1. The highest BCUT2D eigenvalue weighted by Gasteiger charge is 2.28. The average molecular weight is 421 g/mol. The molecular weight excluding hydrogens is 396 g/mol. The zero-order valence-electron chi connectivity index (χ0n) is 16.1. The summed E-state index contributed by atoms with van der Waals surface area (Å²) in [5.41, 5.74) is 1.75. The molecule has 1 atom stereocenters. The molecule has 1 amide bonds. The van der Waals surface area contributed by atoms with E-state index in [1.807, 2.05) is 13.0 Å². The van der Waals surface area contributed by atoms with Gasteiger partial charge in [0.15, 0.2) is 9.84 Å². The van der Waals surface area contributed by atoms with Crippen LogP contribution in [0.25, 0.3) is 0 Å². The molecule has 0 spiro atoms. The molecular formula is C21H25ClN2O3S. The molecule has 7 heteroatoms. The highest BCUT2D eigenvalue weighted by atomic mass is 35.5. The summed E-state index contributed by atoms with van der Waals surface area (Å²) in [6, 6.07) is 8.47. The molecule has 1 N–H and O–H groups in total. The topological polar surface area (TPSA) is 76.1 Å². The Morgan fingerprint density at radius 3 is 2.54 bits per heavy atom. The van der Waals surface area contributed by atoms with Crippen LogP contribution in [-0.2, 0) is 14.6 Å². The zero-order valence-corrected chi connectivity index (χ0v) is 17.7. The van der Waals surface area contributed by atoms with Crippen molar-refractivity contribution in [1.82, 2.24) is 4.98 Å². The number of pyridine rings is 1. The van der Waals surface area contributed by atoms with E-state index in [-0.39, 0.29) is 15.8 Å². The molecule has 1 aliphatic carbocycles. The van der Waals surface area contributed by atoms with Crippen molar-refractivity contribution in [2.75, 3.05) is 11.6 Å². The summed E-state index contributed by atoms with van der Waals surface area (Å²) in [5.74, 6) is 0.435. The van der Waals surface area contributed by atoms with Crippen molar-refractivity contribution in [3.63, 3.8) is 0 Å². The number of hydrogen-bond acceptors (Lipinski definition) is 4. The first-order valence-corrected chi connectivity index (χ1v) is 11.7. The van der Waals surface area contributed by atoms with Crippen molar-refractivity contribution in [3.05, 3.63) is 52.7 Å². The first-order chi connectivity index (χ1) is 13.2. The SMILES string of the molecule is Cc1ccc(NC(=O)[C@H](CC2CCCC2)c2ccc(S(C)(=O)=O)c(Cl)c2)nc1. The molecule has 1 heterocycles. The Kier molecular flexibility index (Phi) is 6.40. The van der Waals surface area contributed by atoms with E-state index in [4.69, 9.17) is 11.6 Å². The lowest BCUT2D eigenvalue weighted by molar-refractivity contribution is -0.118. The molecule has 1 aliphatic rings. The number of halogens is 1. The zero-order chi connectivity index (χ0) is 20.3. The molecule has 2 aromatic rings. The van der Waals surface area contributed by atoms with E-state index in [2.05, 4.69) is 10.3 Å². The first kappa shape index (κ1) is 20.8. The minimum atomic E-state index is -3.41. The van der Waals surface area contributed by atoms with Crippen LogP contribution in [0.3, 0.4) is 0 Å². The predicted octanol–water partition coefficient (Wildman–Crippen LogP) is 4.75. The molecule has 0 radical (unpaired) electrons. The second-order valence-corrected chi connectivity index (χ2v) is 10.0. The molecule has 1 saturated carbocycles. The summed E-state index contributed by atoms with van der Waals surface area (Å²) in [7, 11) is -3.41. The Balaban J connectivity index is 1.88. The second-order valence-electron chi connectivity index (χ2n) is 7.61. The monoisotopic (exact) mass is 420 g/mol. The summed E-state index contributed by atoms with van der Waals surface area (Å²) in [5, 5.41) is 3.05. The summed E-state index contributed by atoms with van der Waals surface area (Å²) in [6.45, 7) is 1.94. The molecule has 0 unspecified atom stereocenters. The average Bonchev–Trinajstić information content (AvgIpc) is 3.13. The first-order valence-electron chi connectivity index (χ1n) is 9.47. The van der Waals surface area contributed by atoms with Crippen LogP contribution in [0.5, 0.6) is 0 Å². The largest absolute Gasteiger partial charge is 0.310 e. The molecule has 3 rings (SSSR count). The Morgan fingerprint density at radius 1 is 1.25 bits per heavy atom. The molecule has 1 aromatic heterocycles. The van der Waals surface area contributed by atoms with Crippen LogP contribution in [0.15, 0.2) is 41.4 Å². The Bertz CT molecular complexity index is 952. The van der Waals surface area contributed by atoms with Crippen LogP contribution >= 0.6 is 11.6 Å². The number of nitrogens with zero attached hydrogens (tertiary/aromatic N) is 1. The second kappa shape index (κ2) is 8.62. The van der Waals surface area contributed by atoms with Crippen LogP contribution in [-0.4, -0.2) is 25.6 Å². The number of nitrogens with one attached hydrogen (secondary N) is 1. The maximum absolute atomic E-state index is 13.1. The number of aromatic nitrogens is 1. The van der Waals surface area contributed by atoms with Crippen molar-refractivity contribution in [2.45, 2.75) is 49.8 Å². The number of amides is 1. The highest BCUT2D eigenvalue weighted by molar-refractivity contribution is 7.90. The van der Waals surface area contributed by atoms with Gasteiger partial charge in [0, 0.05) is 12.5 Å². The lowest BCUT2D eigenvalue weighted by atomic mass is 9.87. The number of hydrogen-bond donors (Lipinski definition) is 1. The van der Waals surface area contributed by atoms with Gasteiger partial charge < -0.3 is 5.32 Å². The van der Waals surface area contributed by atoms with E-state index in [1.165, 1.54) is 18.9 Å². The predicted molar refractivity (Wildman–Crippen MR) is 111 cm³/mol. The fraction of sp³-hybridized carbons (Fsp3) is 0.429. The fourth-order valence-corrected chi connectivity index (χ4v) is 5.10. The van der Waals surface area contributed by atoms with E-state index < -0.39 is 15.8 Å². The molecule has 0 saturated heterocycles. The Labute approximate surface area is 171 Å². The van der Waals surface area contributed by atoms with Gasteiger partial charge in [0.2, 0.25) is 5.91 Å². The Hall–Kier alpha value is -1.92. The van der Waals surface area contributed by atoms with E-state index in [0.29, 0.717) is 18.2 Å². The molecule has 5 nitrogen and oxygen atoms in total. The van der Waals surface area contributed by atoms with Crippen molar-refractivity contribution in [3.8, 4) is 0 Å². The standard InChI is InChI=1S/C21H25ClN2O3S/c1-14-7-10-20(23-13-14)24-21(25)17(11-15-5-3-4-6-15)16-8-9-19(18(22)12-16)28(2,26)27/h7-10,12-13,15,17H,3-6,11H2,1-2H3,(H,23,24,25)/t17-/m1/s1. The number of benzene rings is 1. The van der Waals surface area contributed by atoms with Crippen LogP contribution < -0.4 is 5.32 Å². The molecule has 1 aromatic carbocycles. The smallest absolute Gasteiger partial charge is 0.233 e. The number of rotatable bonds is 6. The van der Waals surface area contributed by atoms with Gasteiger partial charge in [0.05, 0.1) is 15.8 Å². The summed E-state index contributed by atoms with van der Waals surface area (Å²) < 4.78 is 23.7. The normalized spacial score (nSPS) is 16.1. The maximum atomic E-state index is 13.1. The summed E-state index contributed by atoms with van der Waals surface area (Å²) in [4.78, 5) is 17.4. The molecule has 28 heavy (non-hydrogen) atoms. The van der Waals surface area contributed by atoms with Gasteiger partial charge in [-0.1, -0.05) is 49.4 Å². The maximum Gasteiger partial charge on any atom is 0.233 e. The van der Waals surface area contributed by atoms with Gasteiger partial charge in [0.1, 0.15) is 5.82 Å². The quantitative estimate of drug-likeness (QED) is 0.731. The van der Waals surface area contributed by atoms with Crippen LogP contribution in [0.1, 0.15) is 49.1 Å². The number of carbonyl (C=O) groups excluding carboxylic acids is 1. The molecule has 0 aliphatic heterocycles. The highest BCUT2D eigenvalue weighted by Crippen LogP contribution is 2.36. The van der Waals surface area contributed by atoms with Gasteiger partial charge in [-0.3, -0.25) is 4.79 Å². The fourth-order valence-electron chi connectivity index (χ4n) is 3.76. The number of carbonyl (C=O) groups is 1. The van der Waals surface area contributed by atoms with Crippen molar-refractivity contribution in [2.24, 2.45) is 5.92 Å². The molecule has 0 bridgehead atoms. The minimum Gasteiger partial charge on any atom is -0.310 e. The summed E-state index contributed by atoms with van der Waals surface area (Å²) >= 11 is 6.23. The van der Waals surface area contributed by atoms with Gasteiger partial charge >= 0.3 is 0 Å². The van der Waals surface area contributed by atoms with E-state index in [1.54, 1.807) is 24.4 Å². The third kappa shape index (κ3) is 5.11. The number of anilines is 1. The van der Waals surface area contributed by atoms with Crippen LogP contribution in [0, 0.1) is 12.8 Å². The lowest BCUT2D eigenvalue weighted by Gasteiger charge is -2.21. The minimum absolute atomic E-state index is 0.0816. The van der Waals surface area contributed by atoms with Crippen molar-refractivity contribution in [1.29, 1.82) is 0 Å². The van der Waals surface area contributed by atoms with Gasteiger partial charge in [0.25, 0.3) is 0 Å². The summed E-state index contributed by atoms with van der Waals surface area (Å²) in [6.07, 6.45) is 8.15. The third-order valence-electron chi connectivity index (χ3n) is 5.28.